The molecule has 0 fully saturated rings. The lowest BCUT2D eigenvalue weighted by molar-refractivity contribution is 1.20. The maximum absolute atomic E-state index is 2.28. The van der Waals surface area contributed by atoms with E-state index in [1.54, 1.807) is 0 Å². The molecule has 0 atom stereocenters. The topological polar surface area (TPSA) is 0 Å². The maximum Gasteiger partial charge on any atom is 0.116 e. The van der Waals surface area contributed by atoms with Crippen LogP contribution in [-0.4, -0.2) is 7.85 Å². The van der Waals surface area contributed by atoms with Crippen LogP contribution in [0, 0.1) is 0 Å². The molecule has 1 heteroatoms. The highest BCUT2D eigenvalue weighted by Gasteiger charge is 2.23. The SMILES string of the molecule is BC1c2ccccc2-c2ccccc21. The van der Waals surface area contributed by atoms with Crippen molar-refractivity contribution in [3.63, 3.8) is 0 Å². The fourth-order valence-corrected chi connectivity index (χ4v) is 2.41. The zero-order valence-corrected chi connectivity index (χ0v) is 8.20. The van der Waals surface area contributed by atoms with Crippen molar-refractivity contribution >= 4 is 7.85 Å². The van der Waals surface area contributed by atoms with Gasteiger partial charge in [-0.3, -0.25) is 0 Å². The van der Waals surface area contributed by atoms with Gasteiger partial charge in [-0.05, 0) is 28.1 Å². The van der Waals surface area contributed by atoms with Crippen molar-refractivity contribution in [3.05, 3.63) is 59.7 Å². The Bertz CT molecular complexity index is 443. The van der Waals surface area contributed by atoms with Gasteiger partial charge in [-0.1, -0.05) is 48.5 Å². The molecule has 0 saturated heterocycles. The van der Waals surface area contributed by atoms with Crippen molar-refractivity contribution in [1.82, 2.24) is 0 Å². The Morgan fingerprint density at radius 1 is 0.714 bits per heavy atom. The molecular weight excluding hydrogens is 167 g/mol. The van der Waals surface area contributed by atoms with E-state index in [1.807, 2.05) is 0 Å². The van der Waals surface area contributed by atoms with E-state index in [9.17, 15) is 0 Å². The van der Waals surface area contributed by atoms with Crippen LogP contribution in [-0.2, 0) is 0 Å². The van der Waals surface area contributed by atoms with Crippen molar-refractivity contribution in [2.75, 3.05) is 0 Å². The third kappa shape index (κ3) is 0.898. The molecule has 0 aliphatic heterocycles. The minimum absolute atomic E-state index is 0.558. The lowest BCUT2D eigenvalue weighted by atomic mass is 9.79. The van der Waals surface area contributed by atoms with Gasteiger partial charge >= 0.3 is 0 Å². The van der Waals surface area contributed by atoms with Crippen LogP contribution in [0.3, 0.4) is 0 Å². The average molecular weight is 178 g/mol. The Hall–Kier alpha value is -1.50. The third-order valence-electron chi connectivity index (χ3n) is 3.14. The summed E-state index contributed by atoms with van der Waals surface area (Å²) in [4.78, 5) is 0. The van der Waals surface area contributed by atoms with Crippen molar-refractivity contribution in [2.24, 2.45) is 0 Å². The molecule has 0 saturated carbocycles. The summed E-state index contributed by atoms with van der Waals surface area (Å²) in [5, 5.41) is 0. The first kappa shape index (κ1) is 7.87. The monoisotopic (exact) mass is 178 g/mol. The zero-order chi connectivity index (χ0) is 9.54. The number of rotatable bonds is 0. The molecule has 2 aromatic rings. The normalized spacial score (nSPS) is 13.7. The zero-order valence-electron chi connectivity index (χ0n) is 8.20. The van der Waals surface area contributed by atoms with E-state index in [0.29, 0.717) is 5.82 Å². The van der Waals surface area contributed by atoms with E-state index in [2.05, 4.69) is 56.4 Å². The lowest BCUT2D eigenvalue weighted by Gasteiger charge is -2.04. The summed E-state index contributed by atoms with van der Waals surface area (Å²) in [6.07, 6.45) is 0. The Morgan fingerprint density at radius 3 is 1.64 bits per heavy atom. The molecule has 0 aromatic heterocycles. The Kier molecular flexibility index (Phi) is 1.54. The second-order valence-corrected chi connectivity index (χ2v) is 3.90. The van der Waals surface area contributed by atoms with Crippen LogP contribution >= 0.6 is 0 Å². The van der Waals surface area contributed by atoms with E-state index in [1.165, 1.54) is 22.3 Å². The van der Waals surface area contributed by atoms with Gasteiger partial charge in [0.15, 0.2) is 0 Å². The molecule has 1 aliphatic carbocycles. The molecule has 3 rings (SSSR count). The van der Waals surface area contributed by atoms with Crippen molar-refractivity contribution < 1.29 is 0 Å². The molecule has 0 heterocycles. The largest absolute Gasteiger partial charge is 0.116 e. The molecule has 0 amide bonds. The van der Waals surface area contributed by atoms with Crippen LogP contribution in [0.5, 0.6) is 0 Å². The lowest BCUT2D eigenvalue weighted by Crippen LogP contribution is -1.93. The summed E-state index contributed by atoms with van der Waals surface area (Å²) in [5.74, 6) is 0.558. The van der Waals surface area contributed by atoms with Gasteiger partial charge in [-0.25, -0.2) is 0 Å². The number of hydrogen-bond donors (Lipinski definition) is 0. The molecule has 66 valence electrons. The highest BCUT2D eigenvalue weighted by Crippen LogP contribution is 2.42. The second kappa shape index (κ2) is 2.75. The predicted octanol–water partition coefficient (Wildman–Crippen LogP) is 2.39. The van der Waals surface area contributed by atoms with Gasteiger partial charge in [0.1, 0.15) is 7.85 Å². The summed E-state index contributed by atoms with van der Waals surface area (Å²) in [7, 11) is 2.28. The summed E-state index contributed by atoms with van der Waals surface area (Å²) < 4.78 is 0. The van der Waals surface area contributed by atoms with Gasteiger partial charge in [0, 0.05) is 0 Å². The van der Waals surface area contributed by atoms with Crippen LogP contribution in [0.2, 0.25) is 0 Å². The van der Waals surface area contributed by atoms with Gasteiger partial charge < -0.3 is 0 Å². The molecule has 14 heavy (non-hydrogen) atoms. The minimum Gasteiger partial charge on any atom is -0.0620 e. The summed E-state index contributed by atoms with van der Waals surface area (Å²) in [6, 6.07) is 17.4. The summed E-state index contributed by atoms with van der Waals surface area (Å²) in [6.45, 7) is 0. The van der Waals surface area contributed by atoms with Crippen molar-refractivity contribution in [2.45, 2.75) is 5.82 Å². The molecule has 0 radical (unpaired) electrons. The summed E-state index contributed by atoms with van der Waals surface area (Å²) >= 11 is 0. The molecule has 0 spiro atoms. The average Bonchev–Trinajstić information content (AvgIpc) is 2.55. The number of benzene rings is 2. The first-order valence-corrected chi connectivity index (χ1v) is 5.06. The fraction of sp³-hybridized carbons (Fsp3) is 0.0769. The molecule has 0 nitrogen and oxygen atoms in total. The fourth-order valence-electron chi connectivity index (χ4n) is 2.41. The Morgan fingerprint density at radius 2 is 1.14 bits per heavy atom. The van der Waals surface area contributed by atoms with E-state index in [4.69, 9.17) is 0 Å². The quantitative estimate of drug-likeness (QED) is 0.543. The van der Waals surface area contributed by atoms with E-state index in [-0.39, 0.29) is 0 Å². The molecule has 0 unspecified atom stereocenters. The smallest absolute Gasteiger partial charge is 0.0620 e. The van der Waals surface area contributed by atoms with Gasteiger partial charge in [-0.15, -0.1) is 0 Å². The molecule has 0 bridgehead atoms. The van der Waals surface area contributed by atoms with Gasteiger partial charge in [0.25, 0.3) is 0 Å². The van der Waals surface area contributed by atoms with E-state index in [0.717, 1.165) is 0 Å². The van der Waals surface area contributed by atoms with Gasteiger partial charge in [-0.2, -0.15) is 0 Å². The van der Waals surface area contributed by atoms with Crippen LogP contribution in [0.15, 0.2) is 48.5 Å². The third-order valence-corrected chi connectivity index (χ3v) is 3.14. The highest BCUT2D eigenvalue weighted by atomic mass is 14.2. The molecule has 2 aromatic carbocycles. The first-order chi connectivity index (χ1) is 6.88. The summed E-state index contributed by atoms with van der Waals surface area (Å²) in [5.41, 5.74) is 5.76. The van der Waals surface area contributed by atoms with Crippen LogP contribution in [0.4, 0.5) is 0 Å². The molecule has 0 N–H and O–H groups in total. The van der Waals surface area contributed by atoms with Crippen molar-refractivity contribution in [3.8, 4) is 11.1 Å². The Labute approximate surface area is 85.0 Å². The second-order valence-electron chi connectivity index (χ2n) is 3.90. The van der Waals surface area contributed by atoms with Gasteiger partial charge in [0.2, 0.25) is 0 Å². The highest BCUT2D eigenvalue weighted by molar-refractivity contribution is 6.17. The minimum atomic E-state index is 0.558. The van der Waals surface area contributed by atoms with Crippen molar-refractivity contribution in [1.29, 1.82) is 0 Å². The molecular formula is C13H11B. The Balaban J connectivity index is 2.36. The van der Waals surface area contributed by atoms with Crippen LogP contribution in [0.25, 0.3) is 11.1 Å². The predicted molar refractivity (Wildman–Crippen MR) is 62.3 cm³/mol. The van der Waals surface area contributed by atoms with E-state index >= 15 is 0 Å². The van der Waals surface area contributed by atoms with Crippen LogP contribution in [0.1, 0.15) is 16.9 Å². The standard InChI is InChI=1S/C13H11B/c14-13-11-7-3-1-5-9(11)10-6-2-4-8-12(10)13/h1-8,13H,14H2. The van der Waals surface area contributed by atoms with E-state index < -0.39 is 0 Å². The van der Waals surface area contributed by atoms with Gasteiger partial charge in [0.05, 0.1) is 0 Å². The van der Waals surface area contributed by atoms with Crippen LogP contribution < -0.4 is 0 Å². The molecule has 1 aliphatic rings. The maximum atomic E-state index is 2.28. The first-order valence-electron chi connectivity index (χ1n) is 5.06. The number of fused-ring (bicyclic) bond motifs is 3. The number of hydrogen-bond acceptors (Lipinski definition) is 0.